The maximum Gasteiger partial charge on any atom is 0.242 e. The fourth-order valence-corrected chi connectivity index (χ4v) is 2.98. The quantitative estimate of drug-likeness (QED) is 0.687. The van der Waals surface area contributed by atoms with Crippen LogP contribution in [0.5, 0.6) is 0 Å². The molecule has 1 heterocycles. The van der Waals surface area contributed by atoms with Gasteiger partial charge in [0, 0.05) is 31.0 Å². The zero-order chi connectivity index (χ0) is 14.8. The standard InChI is InChI=1S/C14H25N3O2S/c1-4-14(2,3)10-17-20(18,19)13-7-12(16-9-13)8-15-11-5-6-11/h7,9,11,15-17H,4-6,8,10H2,1-3H3. The lowest BCUT2D eigenvalue weighted by molar-refractivity contribution is 0.350. The number of sulfonamides is 1. The predicted molar refractivity (Wildman–Crippen MR) is 79.9 cm³/mol. The van der Waals surface area contributed by atoms with Crippen LogP contribution in [0.3, 0.4) is 0 Å². The average molecular weight is 299 g/mol. The molecule has 0 bridgehead atoms. The minimum absolute atomic E-state index is 0.0280. The summed E-state index contributed by atoms with van der Waals surface area (Å²) in [7, 11) is -3.41. The van der Waals surface area contributed by atoms with Crippen molar-refractivity contribution in [2.45, 2.75) is 57.5 Å². The summed E-state index contributed by atoms with van der Waals surface area (Å²) in [6.07, 6.45) is 4.93. The predicted octanol–water partition coefficient (Wildman–Crippen LogP) is 1.98. The Labute approximate surface area is 121 Å². The Hall–Kier alpha value is -0.850. The first kappa shape index (κ1) is 15.5. The van der Waals surface area contributed by atoms with Gasteiger partial charge < -0.3 is 10.3 Å². The molecule has 0 unspecified atom stereocenters. The maximum absolute atomic E-state index is 12.2. The molecule has 2 rings (SSSR count). The summed E-state index contributed by atoms with van der Waals surface area (Å²) < 4.78 is 27.1. The highest BCUT2D eigenvalue weighted by molar-refractivity contribution is 7.89. The number of H-pyrrole nitrogens is 1. The second-order valence-corrected chi connectivity index (χ2v) is 8.13. The molecule has 20 heavy (non-hydrogen) atoms. The SMILES string of the molecule is CCC(C)(C)CNS(=O)(=O)c1c[nH]c(CNC2CC2)c1. The van der Waals surface area contributed by atoms with E-state index in [1.807, 2.05) is 0 Å². The van der Waals surface area contributed by atoms with Gasteiger partial charge in [-0.1, -0.05) is 20.8 Å². The molecule has 1 aromatic heterocycles. The number of nitrogens with one attached hydrogen (secondary N) is 3. The van der Waals surface area contributed by atoms with Crippen molar-refractivity contribution in [3.05, 3.63) is 18.0 Å². The number of aromatic nitrogens is 1. The monoisotopic (exact) mass is 299 g/mol. The van der Waals surface area contributed by atoms with Gasteiger partial charge >= 0.3 is 0 Å². The van der Waals surface area contributed by atoms with Gasteiger partial charge in [0.2, 0.25) is 10.0 Å². The molecule has 0 aromatic carbocycles. The van der Waals surface area contributed by atoms with Crippen LogP contribution in [0.1, 0.15) is 45.7 Å². The van der Waals surface area contributed by atoms with E-state index in [1.54, 1.807) is 12.3 Å². The van der Waals surface area contributed by atoms with Gasteiger partial charge in [0.05, 0.1) is 4.90 Å². The van der Waals surface area contributed by atoms with Crippen molar-refractivity contribution in [2.24, 2.45) is 5.41 Å². The topological polar surface area (TPSA) is 74.0 Å². The summed E-state index contributed by atoms with van der Waals surface area (Å²) in [5, 5.41) is 3.36. The van der Waals surface area contributed by atoms with E-state index >= 15 is 0 Å². The van der Waals surface area contributed by atoms with Crippen LogP contribution in [-0.4, -0.2) is 26.0 Å². The van der Waals surface area contributed by atoms with Crippen molar-refractivity contribution in [3.63, 3.8) is 0 Å². The molecule has 0 radical (unpaired) electrons. The molecule has 3 N–H and O–H groups in total. The van der Waals surface area contributed by atoms with Crippen LogP contribution in [0.2, 0.25) is 0 Å². The van der Waals surface area contributed by atoms with Gasteiger partial charge in [-0.3, -0.25) is 0 Å². The van der Waals surface area contributed by atoms with E-state index in [4.69, 9.17) is 0 Å². The molecule has 1 fully saturated rings. The zero-order valence-corrected chi connectivity index (χ0v) is 13.3. The minimum atomic E-state index is -3.41. The smallest absolute Gasteiger partial charge is 0.242 e. The highest BCUT2D eigenvalue weighted by Gasteiger charge is 2.23. The van der Waals surface area contributed by atoms with E-state index in [0.29, 0.717) is 24.0 Å². The molecule has 5 nitrogen and oxygen atoms in total. The van der Waals surface area contributed by atoms with Crippen molar-refractivity contribution in [2.75, 3.05) is 6.54 Å². The summed E-state index contributed by atoms with van der Waals surface area (Å²) in [6, 6.07) is 2.32. The van der Waals surface area contributed by atoms with Gasteiger partial charge in [0.25, 0.3) is 0 Å². The molecule has 1 aromatic rings. The second-order valence-electron chi connectivity index (χ2n) is 6.36. The van der Waals surface area contributed by atoms with Crippen LogP contribution in [0, 0.1) is 5.41 Å². The Kier molecular flexibility index (Phi) is 4.56. The zero-order valence-electron chi connectivity index (χ0n) is 12.5. The first-order chi connectivity index (χ1) is 9.32. The third-order valence-corrected chi connectivity index (χ3v) is 5.26. The average Bonchev–Trinajstić information content (AvgIpc) is 3.10. The first-order valence-corrected chi connectivity index (χ1v) is 8.71. The summed E-state index contributed by atoms with van der Waals surface area (Å²) in [5.41, 5.74) is 0.881. The lowest BCUT2D eigenvalue weighted by Gasteiger charge is -2.22. The van der Waals surface area contributed by atoms with Crippen molar-refractivity contribution in [1.29, 1.82) is 0 Å². The molecule has 0 amide bonds. The fourth-order valence-electron chi connectivity index (χ4n) is 1.72. The number of hydrogen-bond donors (Lipinski definition) is 3. The minimum Gasteiger partial charge on any atom is -0.363 e. The molecule has 1 aliphatic rings. The summed E-state index contributed by atoms with van der Waals surface area (Å²) >= 11 is 0. The lowest BCUT2D eigenvalue weighted by atomic mass is 9.91. The molecular formula is C14H25N3O2S. The van der Waals surface area contributed by atoms with E-state index < -0.39 is 10.0 Å². The summed E-state index contributed by atoms with van der Waals surface area (Å²) in [6.45, 7) is 7.31. The molecule has 6 heteroatoms. The van der Waals surface area contributed by atoms with E-state index in [0.717, 1.165) is 12.1 Å². The maximum atomic E-state index is 12.2. The molecule has 0 aliphatic heterocycles. The molecule has 0 atom stereocenters. The van der Waals surface area contributed by atoms with Gasteiger partial charge in [-0.05, 0) is 30.7 Å². The van der Waals surface area contributed by atoms with Crippen molar-refractivity contribution in [1.82, 2.24) is 15.0 Å². The summed E-state index contributed by atoms with van der Waals surface area (Å²) in [5.74, 6) is 0. The van der Waals surface area contributed by atoms with Crippen LogP contribution in [0.15, 0.2) is 17.2 Å². The van der Waals surface area contributed by atoms with Crippen molar-refractivity contribution >= 4 is 10.0 Å². The van der Waals surface area contributed by atoms with Crippen molar-refractivity contribution in [3.8, 4) is 0 Å². The molecule has 1 saturated carbocycles. The van der Waals surface area contributed by atoms with Crippen LogP contribution in [0.4, 0.5) is 0 Å². The summed E-state index contributed by atoms with van der Waals surface area (Å²) in [4.78, 5) is 3.34. The number of rotatable bonds is 8. The highest BCUT2D eigenvalue weighted by Crippen LogP contribution is 2.21. The normalized spacial score (nSPS) is 16.6. The fraction of sp³-hybridized carbons (Fsp3) is 0.714. The van der Waals surface area contributed by atoms with E-state index in [1.165, 1.54) is 12.8 Å². The van der Waals surface area contributed by atoms with E-state index in [2.05, 4.69) is 35.8 Å². The highest BCUT2D eigenvalue weighted by atomic mass is 32.2. The van der Waals surface area contributed by atoms with Gasteiger partial charge in [-0.2, -0.15) is 0 Å². The Bertz CT molecular complexity index is 545. The molecule has 0 saturated heterocycles. The largest absolute Gasteiger partial charge is 0.363 e. The lowest BCUT2D eigenvalue weighted by Crippen LogP contribution is -2.33. The Morgan fingerprint density at radius 3 is 2.70 bits per heavy atom. The third-order valence-electron chi connectivity index (χ3n) is 3.88. The molecular weight excluding hydrogens is 274 g/mol. The van der Waals surface area contributed by atoms with Gasteiger partial charge in [0.15, 0.2) is 0 Å². The van der Waals surface area contributed by atoms with Crippen LogP contribution in [0.25, 0.3) is 0 Å². The number of hydrogen-bond acceptors (Lipinski definition) is 3. The Morgan fingerprint density at radius 2 is 2.10 bits per heavy atom. The second kappa shape index (κ2) is 5.87. The number of aromatic amines is 1. The third kappa shape index (κ3) is 4.33. The van der Waals surface area contributed by atoms with Crippen molar-refractivity contribution < 1.29 is 8.42 Å². The van der Waals surface area contributed by atoms with Crippen LogP contribution in [-0.2, 0) is 16.6 Å². The van der Waals surface area contributed by atoms with Crippen LogP contribution < -0.4 is 10.0 Å². The van der Waals surface area contributed by atoms with E-state index in [9.17, 15) is 8.42 Å². The van der Waals surface area contributed by atoms with E-state index in [-0.39, 0.29) is 5.41 Å². The molecule has 1 aliphatic carbocycles. The molecule has 0 spiro atoms. The van der Waals surface area contributed by atoms with Crippen LogP contribution >= 0.6 is 0 Å². The van der Waals surface area contributed by atoms with Gasteiger partial charge in [-0.25, -0.2) is 13.1 Å². The Morgan fingerprint density at radius 1 is 1.40 bits per heavy atom. The van der Waals surface area contributed by atoms with Gasteiger partial charge in [-0.15, -0.1) is 0 Å². The van der Waals surface area contributed by atoms with Gasteiger partial charge in [0.1, 0.15) is 0 Å². The Balaban J connectivity index is 1.94. The molecule has 114 valence electrons. The first-order valence-electron chi connectivity index (χ1n) is 7.23.